The molecule has 0 unspecified atom stereocenters. The average Bonchev–Trinajstić information content (AvgIpc) is 3.09. The van der Waals surface area contributed by atoms with E-state index in [0.717, 1.165) is 33.7 Å². The summed E-state index contributed by atoms with van der Waals surface area (Å²) in [5.41, 5.74) is 3.27. The maximum atomic E-state index is 5.83. The lowest BCUT2D eigenvalue weighted by atomic mass is 10.1. The first-order chi connectivity index (χ1) is 11.9. The van der Waals surface area contributed by atoms with Crippen molar-refractivity contribution in [3.8, 4) is 22.8 Å². The molecule has 1 heterocycles. The lowest BCUT2D eigenvalue weighted by molar-refractivity contribution is 0.462. The third-order valence-electron chi connectivity index (χ3n) is 3.89. The maximum Gasteiger partial charge on any atom is 0.576 e. The molecule has 0 atom stereocenters. The van der Waals surface area contributed by atoms with Crippen LogP contribution in [0.3, 0.4) is 0 Å². The van der Waals surface area contributed by atoms with E-state index in [1.165, 1.54) is 0 Å². The van der Waals surface area contributed by atoms with Crippen molar-refractivity contribution in [1.29, 1.82) is 0 Å². The molecule has 0 aliphatic heterocycles. The van der Waals surface area contributed by atoms with Crippen LogP contribution in [0.5, 0.6) is 11.5 Å². The predicted molar refractivity (Wildman–Crippen MR) is 98.6 cm³/mol. The fourth-order valence-electron chi connectivity index (χ4n) is 2.70. The smallest absolute Gasteiger partial charge is 0.529 e. The molecule has 1 aromatic heterocycles. The van der Waals surface area contributed by atoms with Crippen LogP contribution in [-0.2, 0) is 0 Å². The molecule has 0 radical (unpaired) electrons. The zero-order chi connectivity index (χ0) is 16.2. The van der Waals surface area contributed by atoms with E-state index in [-0.39, 0.29) is 7.69 Å². The number of benzene rings is 3. The number of para-hydroxylation sites is 1. The van der Waals surface area contributed by atoms with Gasteiger partial charge in [-0.2, -0.15) is 0 Å². The van der Waals surface area contributed by atoms with Crippen LogP contribution in [0, 0.1) is 0 Å². The quantitative estimate of drug-likeness (QED) is 0.548. The Labute approximate surface area is 141 Å². The summed E-state index contributed by atoms with van der Waals surface area (Å²) in [5, 5.41) is 1.05. The minimum Gasteiger partial charge on any atom is -0.529 e. The molecule has 1 N–H and O–H groups in total. The molecule has 0 saturated heterocycles. The van der Waals surface area contributed by atoms with Gasteiger partial charge in [0.1, 0.15) is 11.5 Å². The SMILES string of the molecule is B(Oc1ccccc1)Oc1cccc2[nH]c(-c3ccccc3)cc12. The number of nitrogens with one attached hydrogen (secondary N) is 1. The van der Waals surface area contributed by atoms with Crippen LogP contribution in [0.2, 0.25) is 0 Å². The molecule has 116 valence electrons. The molecule has 0 saturated carbocycles. The topological polar surface area (TPSA) is 34.2 Å². The number of aromatic amines is 1. The largest absolute Gasteiger partial charge is 0.576 e. The van der Waals surface area contributed by atoms with E-state index in [9.17, 15) is 0 Å². The second-order valence-corrected chi connectivity index (χ2v) is 5.49. The van der Waals surface area contributed by atoms with E-state index < -0.39 is 0 Å². The fraction of sp³-hybridized carbons (Fsp3) is 0. The first kappa shape index (κ1) is 14.5. The number of hydrogen-bond donors (Lipinski definition) is 1. The van der Waals surface area contributed by atoms with Crippen LogP contribution in [0.4, 0.5) is 0 Å². The Morgan fingerprint density at radius 1 is 0.708 bits per heavy atom. The monoisotopic (exact) mass is 313 g/mol. The minimum absolute atomic E-state index is 0.176. The highest BCUT2D eigenvalue weighted by Crippen LogP contribution is 2.30. The highest BCUT2D eigenvalue weighted by Gasteiger charge is 2.08. The van der Waals surface area contributed by atoms with Crippen molar-refractivity contribution in [2.24, 2.45) is 0 Å². The Bertz CT molecular complexity index is 936. The van der Waals surface area contributed by atoms with Crippen molar-refractivity contribution < 1.29 is 9.31 Å². The minimum atomic E-state index is 0.176. The summed E-state index contributed by atoms with van der Waals surface area (Å²) in [6.45, 7) is 0. The van der Waals surface area contributed by atoms with Gasteiger partial charge in [-0.25, -0.2) is 0 Å². The van der Waals surface area contributed by atoms with E-state index in [0.29, 0.717) is 0 Å². The summed E-state index contributed by atoms with van der Waals surface area (Å²) in [5.74, 6) is 1.60. The van der Waals surface area contributed by atoms with Crippen molar-refractivity contribution >= 4 is 18.6 Å². The van der Waals surface area contributed by atoms with Crippen molar-refractivity contribution in [3.63, 3.8) is 0 Å². The van der Waals surface area contributed by atoms with Gasteiger partial charge >= 0.3 is 7.69 Å². The molecule has 0 aliphatic rings. The maximum absolute atomic E-state index is 5.83. The number of fused-ring (bicyclic) bond motifs is 1. The van der Waals surface area contributed by atoms with Gasteiger partial charge in [0, 0.05) is 16.6 Å². The first-order valence-electron chi connectivity index (χ1n) is 7.88. The van der Waals surface area contributed by atoms with Gasteiger partial charge < -0.3 is 14.3 Å². The summed E-state index contributed by atoms with van der Waals surface area (Å²) >= 11 is 0. The van der Waals surface area contributed by atoms with Gasteiger partial charge in [0.05, 0.1) is 0 Å². The number of aromatic nitrogens is 1. The zero-order valence-electron chi connectivity index (χ0n) is 13.1. The second-order valence-electron chi connectivity index (χ2n) is 5.49. The molecule has 0 bridgehead atoms. The van der Waals surface area contributed by atoms with Crippen molar-refractivity contribution in [3.05, 3.63) is 84.9 Å². The highest BCUT2D eigenvalue weighted by atomic mass is 16.6. The van der Waals surface area contributed by atoms with Crippen molar-refractivity contribution in [1.82, 2.24) is 4.98 Å². The molecule has 3 aromatic carbocycles. The van der Waals surface area contributed by atoms with E-state index in [1.54, 1.807) is 0 Å². The number of rotatable bonds is 5. The highest BCUT2D eigenvalue weighted by molar-refractivity contribution is 6.21. The fourth-order valence-corrected chi connectivity index (χ4v) is 2.70. The van der Waals surface area contributed by atoms with E-state index in [1.807, 2.05) is 66.7 Å². The average molecular weight is 313 g/mol. The van der Waals surface area contributed by atoms with E-state index in [4.69, 9.17) is 9.31 Å². The standard InChI is InChI=1S/C20H16BNO2/c1-3-8-15(9-4-1)19-14-17-18(22-19)12-7-13-20(17)24-21-23-16-10-5-2-6-11-16/h1-14,21-22H. The van der Waals surface area contributed by atoms with Crippen LogP contribution in [0.1, 0.15) is 0 Å². The van der Waals surface area contributed by atoms with Gasteiger partial charge in [-0.05, 0) is 35.9 Å². The van der Waals surface area contributed by atoms with E-state index in [2.05, 4.69) is 23.2 Å². The third kappa shape index (κ3) is 2.99. The Morgan fingerprint density at radius 3 is 2.25 bits per heavy atom. The predicted octanol–water partition coefficient (Wildman–Crippen LogP) is 4.56. The molecule has 3 nitrogen and oxygen atoms in total. The Morgan fingerprint density at radius 2 is 1.46 bits per heavy atom. The third-order valence-corrected chi connectivity index (χ3v) is 3.89. The molecule has 4 heteroatoms. The van der Waals surface area contributed by atoms with E-state index >= 15 is 0 Å². The normalized spacial score (nSPS) is 10.5. The summed E-state index contributed by atoms with van der Waals surface area (Å²) < 4.78 is 11.4. The van der Waals surface area contributed by atoms with Gasteiger partial charge in [0.2, 0.25) is 0 Å². The molecule has 0 spiro atoms. The Kier molecular flexibility index (Phi) is 3.94. The van der Waals surface area contributed by atoms with Gasteiger partial charge in [-0.1, -0.05) is 54.6 Å². The summed E-state index contributed by atoms with van der Waals surface area (Å²) in [6.07, 6.45) is 0. The number of hydrogen-bond acceptors (Lipinski definition) is 2. The Balaban J connectivity index is 1.56. The second kappa shape index (κ2) is 6.55. The molecule has 0 aliphatic carbocycles. The molecule has 0 fully saturated rings. The number of H-pyrrole nitrogens is 1. The lowest BCUT2D eigenvalue weighted by Gasteiger charge is -2.08. The first-order valence-corrected chi connectivity index (χ1v) is 7.88. The molecular formula is C20H16BNO2. The van der Waals surface area contributed by atoms with Crippen molar-refractivity contribution in [2.45, 2.75) is 0 Å². The molecular weight excluding hydrogens is 297 g/mol. The summed E-state index contributed by atoms with van der Waals surface area (Å²) in [7, 11) is 0.176. The zero-order valence-corrected chi connectivity index (χ0v) is 13.1. The van der Waals surface area contributed by atoms with Crippen LogP contribution >= 0.6 is 0 Å². The molecule has 4 aromatic rings. The van der Waals surface area contributed by atoms with Crippen molar-refractivity contribution in [2.75, 3.05) is 0 Å². The van der Waals surface area contributed by atoms with Crippen LogP contribution < -0.4 is 9.31 Å². The molecule has 0 amide bonds. The lowest BCUT2D eigenvalue weighted by Crippen LogP contribution is -2.10. The molecule has 24 heavy (non-hydrogen) atoms. The van der Waals surface area contributed by atoms with Crippen LogP contribution in [0.25, 0.3) is 22.2 Å². The van der Waals surface area contributed by atoms with Gasteiger partial charge in [0.25, 0.3) is 0 Å². The van der Waals surface area contributed by atoms with Gasteiger partial charge in [-0.15, -0.1) is 0 Å². The molecule has 4 rings (SSSR count). The Hall–Kier alpha value is -3.14. The van der Waals surface area contributed by atoms with Gasteiger partial charge in [-0.3, -0.25) is 0 Å². The summed E-state index contributed by atoms with van der Waals surface area (Å²) in [6, 6.07) is 28.0. The van der Waals surface area contributed by atoms with Gasteiger partial charge in [0.15, 0.2) is 0 Å². The van der Waals surface area contributed by atoms with Crippen LogP contribution in [0.15, 0.2) is 84.9 Å². The van der Waals surface area contributed by atoms with Crippen LogP contribution in [-0.4, -0.2) is 12.7 Å². The summed E-state index contributed by atoms with van der Waals surface area (Å²) in [4.78, 5) is 3.44.